The van der Waals surface area contributed by atoms with Crippen LogP contribution < -0.4 is 10.9 Å². The number of amides is 1. The molecule has 2 N–H and O–H groups in total. The molecule has 0 spiro atoms. The van der Waals surface area contributed by atoms with Crippen molar-refractivity contribution in [3.8, 4) is 0 Å². The number of H-pyrrole nitrogens is 1. The number of rotatable bonds is 6. The fourth-order valence-electron chi connectivity index (χ4n) is 4.36. The summed E-state index contributed by atoms with van der Waals surface area (Å²) in [6.45, 7) is 5.46. The van der Waals surface area contributed by atoms with E-state index in [0.29, 0.717) is 31.2 Å². The number of nitrogens with one attached hydrogen (secondary N) is 2. The molecule has 0 bridgehead atoms. The number of fused-ring (bicyclic) bond motifs is 2. The lowest BCUT2D eigenvalue weighted by molar-refractivity contribution is 0.0947. The van der Waals surface area contributed by atoms with Crippen molar-refractivity contribution >= 4 is 16.8 Å². The van der Waals surface area contributed by atoms with Crippen LogP contribution in [0.2, 0.25) is 0 Å². The minimum Gasteiger partial charge on any atom is -0.351 e. The number of para-hydroxylation sites is 1. The summed E-state index contributed by atoms with van der Waals surface area (Å²) in [5.74, 6) is 0.596. The number of aromatic amines is 1. The number of carbonyl (C=O) groups is 1. The molecule has 1 saturated carbocycles. The number of hydrogen-bond acceptors (Lipinski definition) is 4. The van der Waals surface area contributed by atoms with Crippen molar-refractivity contribution in [3.63, 3.8) is 0 Å². The van der Waals surface area contributed by atoms with Gasteiger partial charge in [0.2, 0.25) is 0 Å². The van der Waals surface area contributed by atoms with Crippen LogP contribution >= 0.6 is 0 Å². The second-order valence-corrected chi connectivity index (χ2v) is 8.43. The van der Waals surface area contributed by atoms with Crippen LogP contribution in [0.4, 0.5) is 0 Å². The van der Waals surface area contributed by atoms with Gasteiger partial charge in [-0.05, 0) is 43.2 Å². The fraction of sp³-hybridized carbons (Fsp3) is 0.435. The summed E-state index contributed by atoms with van der Waals surface area (Å²) in [5.41, 5.74) is 4.31. The molecule has 7 nitrogen and oxygen atoms in total. The maximum Gasteiger partial charge on any atom is 0.272 e. The zero-order valence-corrected chi connectivity index (χ0v) is 17.3. The molecule has 5 rings (SSSR count). The first kappa shape index (κ1) is 19.1. The number of aromatic nitrogens is 3. The third kappa shape index (κ3) is 3.65. The summed E-state index contributed by atoms with van der Waals surface area (Å²) in [4.78, 5) is 30.4. The standard InChI is InChI=1S/C23H27N5O2/c1-2-24-23(30)21-18-14-27(10-9-20(18)28(26-21)12-15-7-8-15)13-17-11-16-5-3-4-6-19(16)25-22(17)29/h3-6,11,15H,2,7-10,12-14H2,1H3,(H,24,30)(H,25,29). The van der Waals surface area contributed by atoms with Crippen LogP contribution in [0.15, 0.2) is 35.1 Å². The molecule has 30 heavy (non-hydrogen) atoms. The van der Waals surface area contributed by atoms with Crippen LogP contribution in [-0.2, 0) is 26.1 Å². The molecule has 0 atom stereocenters. The average molecular weight is 406 g/mol. The van der Waals surface area contributed by atoms with E-state index in [1.807, 2.05) is 37.3 Å². The van der Waals surface area contributed by atoms with Crippen molar-refractivity contribution < 1.29 is 4.79 Å². The minimum absolute atomic E-state index is 0.0483. The Balaban J connectivity index is 1.42. The van der Waals surface area contributed by atoms with E-state index >= 15 is 0 Å². The fourth-order valence-corrected chi connectivity index (χ4v) is 4.36. The summed E-state index contributed by atoms with van der Waals surface area (Å²) in [6, 6.07) is 9.81. The smallest absolute Gasteiger partial charge is 0.272 e. The van der Waals surface area contributed by atoms with Crippen molar-refractivity contribution in [3.05, 3.63) is 63.2 Å². The van der Waals surface area contributed by atoms with Gasteiger partial charge >= 0.3 is 0 Å². The van der Waals surface area contributed by atoms with E-state index in [9.17, 15) is 9.59 Å². The molecule has 1 aliphatic carbocycles. The minimum atomic E-state index is -0.103. The number of hydrogen-bond donors (Lipinski definition) is 2. The van der Waals surface area contributed by atoms with Gasteiger partial charge in [0.25, 0.3) is 11.5 Å². The van der Waals surface area contributed by atoms with Gasteiger partial charge in [-0.2, -0.15) is 5.10 Å². The average Bonchev–Trinajstić information content (AvgIpc) is 3.49. The van der Waals surface area contributed by atoms with Crippen LogP contribution in [0.3, 0.4) is 0 Å². The van der Waals surface area contributed by atoms with Gasteiger partial charge < -0.3 is 10.3 Å². The van der Waals surface area contributed by atoms with Gasteiger partial charge in [-0.3, -0.25) is 19.2 Å². The zero-order chi connectivity index (χ0) is 20.7. The van der Waals surface area contributed by atoms with Crippen LogP contribution in [0, 0.1) is 5.92 Å². The van der Waals surface area contributed by atoms with Gasteiger partial charge in [0.15, 0.2) is 5.69 Å². The molecule has 1 fully saturated rings. The van der Waals surface area contributed by atoms with Gasteiger partial charge in [0, 0.05) is 61.5 Å². The Morgan fingerprint density at radius 3 is 2.93 bits per heavy atom. The van der Waals surface area contributed by atoms with Gasteiger partial charge in [0.05, 0.1) is 0 Å². The van der Waals surface area contributed by atoms with Crippen molar-refractivity contribution in [1.29, 1.82) is 0 Å². The van der Waals surface area contributed by atoms with E-state index in [-0.39, 0.29) is 11.5 Å². The Labute approximate surface area is 175 Å². The third-order valence-corrected chi connectivity index (χ3v) is 6.12. The molecule has 156 valence electrons. The van der Waals surface area contributed by atoms with E-state index in [2.05, 4.69) is 19.9 Å². The second-order valence-electron chi connectivity index (χ2n) is 8.43. The summed E-state index contributed by atoms with van der Waals surface area (Å²) in [5, 5.41) is 8.63. The largest absolute Gasteiger partial charge is 0.351 e. The summed E-state index contributed by atoms with van der Waals surface area (Å²) in [6.07, 6.45) is 3.35. The monoisotopic (exact) mass is 405 g/mol. The molecule has 7 heteroatoms. The number of benzene rings is 1. The number of carbonyl (C=O) groups excluding carboxylic acids is 1. The number of nitrogens with zero attached hydrogens (tertiary/aromatic N) is 3. The van der Waals surface area contributed by atoms with Gasteiger partial charge in [-0.15, -0.1) is 0 Å². The predicted molar refractivity (Wildman–Crippen MR) is 115 cm³/mol. The molecule has 2 aromatic heterocycles. The lowest BCUT2D eigenvalue weighted by Crippen LogP contribution is -2.34. The van der Waals surface area contributed by atoms with Crippen molar-refractivity contribution in [1.82, 2.24) is 25.0 Å². The Morgan fingerprint density at radius 2 is 2.13 bits per heavy atom. The highest BCUT2D eigenvalue weighted by Gasteiger charge is 2.31. The Kier molecular flexibility index (Phi) is 4.90. The third-order valence-electron chi connectivity index (χ3n) is 6.12. The highest BCUT2D eigenvalue weighted by molar-refractivity contribution is 5.94. The first-order chi connectivity index (χ1) is 14.6. The highest BCUT2D eigenvalue weighted by Crippen LogP contribution is 2.32. The maximum absolute atomic E-state index is 12.6. The Hall–Kier alpha value is -2.93. The van der Waals surface area contributed by atoms with E-state index in [0.717, 1.165) is 41.5 Å². The van der Waals surface area contributed by atoms with Gasteiger partial charge in [-0.25, -0.2) is 0 Å². The van der Waals surface area contributed by atoms with Crippen molar-refractivity contribution in [2.75, 3.05) is 13.1 Å². The lowest BCUT2D eigenvalue weighted by Gasteiger charge is -2.27. The van der Waals surface area contributed by atoms with Crippen LogP contribution in [0.5, 0.6) is 0 Å². The molecular formula is C23H27N5O2. The van der Waals surface area contributed by atoms with Crippen molar-refractivity contribution in [2.24, 2.45) is 5.92 Å². The van der Waals surface area contributed by atoms with E-state index < -0.39 is 0 Å². The normalized spacial score (nSPS) is 16.6. The van der Waals surface area contributed by atoms with Crippen LogP contribution in [0.1, 0.15) is 47.1 Å². The molecule has 1 amide bonds. The molecule has 0 unspecified atom stereocenters. The van der Waals surface area contributed by atoms with Gasteiger partial charge in [0.1, 0.15) is 0 Å². The maximum atomic E-state index is 12.6. The highest BCUT2D eigenvalue weighted by atomic mass is 16.2. The molecule has 1 aromatic carbocycles. The molecule has 0 radical (unpaired) electrons. The molecular weight excluding hydrogens is 378 g/mol. The quantitative estimate of drug-likeness (QED) is 0.660. The van der Waals surface area contributed by atoms with E-state index in [4.69, 9.17) is 5.10 Å². The summed E-state index contributed by atoms with van der Waals surface area (Å²) < 4.78 is 2.07. The topological polar surface area (TPSA) is 83.0 Å². The van der Waals surface area contributed by atoms with E-state index in [1.54, 1.807) is 0 Å². The number of pyridine rings is 1. The lowest BCUT2D eigenvalue weighted by atomic mass is 10.0. The first-order valence-electron chi connectivity index (χ1n) is 10.8. The Morgan fingerprint density at radius 1 is 1.30 bits per heavy atom. The molecule has 3 aromatic rings. The summed E-state index contributed by atoms with van der Waals surface area (Å²) >= 11 is 0. The van der Waals surface area contributed by atoms with Crippen molar-refractivity contribution in [2.45, 2.75) is 45.8 Å². The predicted octanol–water partition coefficient (Wildman–Crippen LogP) is 2.44. The van der Waals surface area contributed by atoms with Crippen LogP contribution in [0.25, 0.3) is 10.9 Å². The first-order valence-corrected chi connectivity index (χ1v) is 10.8. The molecule has 1 aliphatic heterocycles. The summed E-state index contributed by atoms with van der Waals surface area (Å²) in [7, 11) is 0. The Bertz CT molecular complexity index is 1160. The SMILES string of the molecule is CCNC(=O)c1nn(CC2CC2)c2c1CN(Cc1cc3ccccc3[nH]c1=O)CC2. The second kappa shape index (κ2) is 7.72. The molecule has 2 aliphatic rings. The van der Waals surface area contributed by atoms with Gasteiger partial charge in [-0.1, -0.05) is 18.2 Å². The zero-order valence-electron chi connectivity index (χ0n) is 17.3. The molecule has 0 saturated heterocycles. The van der Waals surface area contributed by atoms with Crippen LogP contribution in [-0.4, -0.2) is 38.7 Å². The van der Waals surface area contributed by atoms with E-state index in [1.165, 1.54) is 18.5 Å². The molecule has 3 heterocycles.